The van der Waals surface area contributed by atoms with E-state index in [9.17, 15) is 13.2 Å². The lowest BCUT2D eigenvalue weighted by atomic mass is 10.2. The molecule has 0 fully saturated rings. The number of ether oxygens (including phenoxy) is 2. The highest BCUT2D eigenvalue weighted by Crippen LogP contribution is 2.36. The number of anilines is 2. The number of carbonyl (C=O) groups is 1. The van der Waals surface area contributed by atoms with Gasteiger partial charge in [0.1, 0.15) is 18.1 Å². The van der Waals surface area contributed by atoms with Crippen LogP contribution in [-0.2, 0) is 14.8 Å². The predicted molar refractivity (Wildman–Crippen MR) is 93.8 cm³/mol. The number of rotatable bonds is 4. The number of hydrogen-bond donors (Lipinski definition) is 1. The molecular formula is C17H18N2O5S. The van der Waals surface area contributed by atoms with Gasteiger partial charge in [0.05, 0.1) is 29.9 Å². The van der Waals surface area contributed by atoms with Crippen LogP contribution in [0.15, 0.2) is 47.4 Å². The Balaban J connectivity index is 2.05. The van der Waals surface area contributed by atoms with Crippen molar-refractivity contribution in [3.05, 3.63) is 42.5 Å². The zero-order valence-electron chi connectivity index (χ0n) is 13.9. The Morgan fingerprint density at radius 2 is 2.00 bits per heavy atom. The van der Waals surface area contributed by atoms with E-state index in [-0.39, 0.29) is 24.0 Å². The normalized spacial score (nSPS) is 13.6. The number of nitrogens with zero attached hydrogens (tertiary/aromatic N) is 1. The van der Waals surface area contributed by atoms with E-state index in [0.29, 0.717) is 22.9 Å². The molecule has 1 aliphatic rings. The first-order valence-corrected chi connectivity index (χ1v) is 9.07. The topological polar surface area (TPSA) is 84.9 Å². The molecule has 1 N–H and O–H groups in total. The number of methoxy groups -OCH3 is 1. The van der Waals surface area contributed by atoms with Gasteiger partial charge in [0, 0.05) is 6.92 Å². The van der Waals surface area contributed by atoms with Gasteiger partial charge in [-0.1, -0.05) is 12.1 Å². The third kappa shape index (κ3) is 3.25. The Morgan fingerprint density at radius 3 is 2.72 bits per heavy atom. The molecule has 25 heavy (non-hydrogen) atoms. The smallest absolute Gasteiger partial charge is 0.264 e. The second kappa shape index (κ2) is 6.64. The standard InChI is InChI=1S/C17H18N2O5S/c1-12(20)18-14-11-13(7-8-16(14)23-2)25(21,22)19-9-10-24-17-6-4-3-5-15(17)19/h3-8,11H,9-10H2,1-2H3,(H,18,20). The third-order valence-corrected chi connectivity index (χ3v) is 5.56. The van der Waals surface area contributed by atoms with E-state index in [1.54, 1.807) is 24.3 Å². The molecule has 0 spiro atoms. The van der Waals surface area contributed by atoms with Gasteiger partial charge in [-0.05, 0) is 30.3 Å². The Labute approximate surface area is 146 Å². The van der Waals surface area contributed by atoms with Crippen molar-refractivity contribution in [3.63, 3.8) is 0 Å². The molecule has 0 saturated carbocycles. The molecule has 1 heterocycles. The van der Waals surface area contributed by atoms with Gasteiger partial charge in [-0.15, -0.1) is 0 Å². The number of carbonyl (C=O) groups excluding carboxylic acids is 1. The summed E-state index contributed by atoms with van der Waals surface area (Å²) in [6.07, 6.45) is 0. The van der Waals surface area contributed by atoms with Gasteiger partial charge in [0.2, 0.25) is 5.91 Å². The molecule has 0 atom stereocenters. The van der Waals surface area contributed by atoms with E-state index >= 15 is 0 Å². The minimum Gasteiger partial charge on any atom is -0.495 e. The molecule has 3 rings (SSSR count). The Morgan fingerprint density at radius 1 is 1.24 bits per heavy atom. The molecule has 1 amide bonds. The number of fused-ring (bicyclic) bond motifs is 1. The predicted octanol–water partition coefficient (Wildman–Crippen LogP) is 2.24. The van der Waals surface area contributed by atoms with E-state index in [2.05, 4.69) is 5.32 Å². The average Bonchev–Trinajstić information content (AvgIpc) is 2.60. The summed E-state index contributed by atoms with van der Waals surface area (Å²) in [6.45, 7) is 1.82. The zero-order valence-corrected chi connectivity index (χ0v) is 14.7. The van der Waals surface area contributed by atoms with Gasteiger partial charge < -0.3 is 14.8 Å². The Bertz CT molecular complexity index is 911. The summed E-state index contributed by atoms with van der Waals surface area (Å²) in [5.41, 5.74) is 0.795. The van der Waals surface area contributed by atoms with Crippen molar-refractivity contribution in [2.75, 3.05) is 29.9 Å². The van der Waals surface area contributed by atoms with Crippen LogP contribution in [0.25, 0.3) is 0 Å². The highest BCUT2D eigenvalue weighted by Gasteiger charge is 2.30. The van der Waals surface area contributed by atoms with E-state index in [1.165, 1.54) is 36.5 Å². The molecule has 0 bridgehead atoms. The minimum absolute atomic E-state index is 0.0637. The summed E-state index contributed by atoms with van der Waals surface area (Å²) in [7, 11) is -2.36. The van der Waals surface area contributed by atoms with E-state index in [4.69, 9.17) is 9.47 Å². The molecule has 0 radical (unpaired) electrons. The summed E-state index contributed by atoms with van der Waals surface area (Å²) in [5, 5.41) is 2.59. The fourth-order valence-electron chi connectivity index (χ4n) is 2.66. The molecule has 0 saturated heterocycles. The van der Waals surface area contributed by atoms with Crippen molar-refractivity contribution >= 4 is 27.3 Å². The van der Waals surface area contributed by atoms with Gasteiger partial charge in [0.15, 0.2) is 0 Å². The van der Waals surface area contributed by atoms with E-state index in [1.807, 2.05) is 0 Å². The molecule has 1 aliphatic heterocycles. The summed E-state index contributed by atoms with van der Waals surface area (Å²) in [5.74, 6) is 0.592. The molecule has 0 aliphatic carbocycles. The lowest BCUT2D eigenvalue weighted by Crippen LogP contribution is -2.37. The van der Waals surface area contributed by atoms with Crippen LogP contribution in [0.3, 0.4) is 0 Å². The quantitative estimate of drug-likeness (QED) is 0.902. The van der Waals surface area contributed by atoms with Crippen molar-refractivity contribution < 1.29 is 22.7 Å². The lowest BCUT2D eigenvalue weighted by molar-refractivity contribution is -0.114. The van der Waals surface area contributed by atoms with Crippen molar-refractivity contribution in [3.8, 4) is 11.5 Å². The largest absolute Gasteiger partial charge is 0.495 e. The van der Waals surface area contributed by atoms with Crippen LogP contribution in [0.1, 0.15) is 6.92 Å². The van der Waals surface area contributed by atoms with Crippen LogP contribution in [0.5, 0.6) is 11.5 Å². The van der Waals surface area contributed by atoms with E-state index < -0.39 is 10.0 Å². The van der Waals surface area contributed by atoms with Gasteiger partial charge in [0.25, 0.3) is 10.0 Å². The summed E-state index contributed by atoms with van der Waals surface area (Å²) in [6, 6.07) is 11.3. The molecule has 0 unspecified atom stereocenters. The number of benzene rings is 2. The van der Waals surface area contributed by atoms with Crippen LogP contribution in [0, 0.1) is 0 Å². The third-order valence-electron chi connectivity index (χ3n) is 3.76. The molecular weight excluding hydrogens is 344 g/mol. The molecule has 8 heteroatoms. The fourth-order valence-corrected chi connectivity index (χ4v) is 4.14. The SMILES string of the molecule is COc1ccc(S(=O)(=O)N2CCOc3ccccc32)cc1NC(C)=O. The van der Waals surface area contributed by atoms with Crippen molar-refractivity contribution in [2.45, 2.75) is 11.8 Å². The first-order chi connectivity index (χ1) is 11.9. The van der Waals surface area contributed by atoms with Crippen LogP contribution < -0.4 is 19.1 Å². The number of nitrogens with one attached hydrogen (secondary N) is 1. The average molecular weight is 362 g/mol. The maximum atomic E-state index is 13.1. The minimum atomic E-state index is -3.81. The molecule has 132 valence electrons. The van der Waals surface area contributed by atoms with Crippen LogP contribution >= 0.6 is 0 Å². The van der Waals surface area contributed by atoms with Crippen molar-refractivity contribution in [1.29, 1.82) is 0 Å². The first kappa shape index (κ1) is 17.1. The highest BCUT2D eigenvalue weighted by atomic mass is 32.2. The van der Waals surface area contributed by atoms with Gasteiger partial charge in [-0.2, -0.15) is 0 Å². The second-order valence-corrected chi connectivity index (χ2v) is 7.30. The van der Waals surface area contributed by atoms with Gasteiger partial charge in [-0.3, -0.25) is 9.10 Å². The monoisotopic (exact) mass is 362 g/mol. The fraction of sp³-hybridized carbons (Fsp3) is 0.235. The second-order valence-electron chi connectivity index (χ2n) is 5.44. The summed E-state index contributed by atoms with van der Waals surface area (Å²) >= 11 is 0. The van der Waals surface area contributed by atoms with E-state index in [0.717, 1.165) is 0 Å². The number of para-hydroxylation sites is 2. The molecule has 2 aromatic carbocycles. The molecule has 0 aromatic heterocycles. The summed E-state index contributed by atoms with van der Waals surface area (Å²) < 4.78 is 38.2. The van der Waals surface area contributed by atoms with Crippen LogP contribution in [0.4, 0.5) is 11.4 Å². The van der Waals surface area contributed by atoms with Crippen molar-refractivity contribution in [1.82, 2.24) is 0 Å². The maximum absolute atomic E-state index is 13.1. The van der Waals surface area contributed by atoms with Gasteiger partial charge >= 0.3 is 0 Å². The van der Waals surface area contributed by atoms with Gasteiger partial charge in [-0.25, -0.2) is 8.42 Å². The number of sulfonamides is 1. The number of hydrogen-bond acceptors (Lipinski definition) is 5. The van der Waals surface area contributed by atoms with Crippen LogP contribution in [-0.4, -0.2) is 34.6 Å². The molecule has 7 nitrogen and oxygen atoms in total. The molecule has 2 aromatic rings. The summed E-state index contributed by atoms with van der Waals surface area (Å²) in [4.78, 5) is 11.4. The highest BCUT2D eigenvalue weighted by molar-refractivity contribution is 7.92. The zero-order chi connectivity index (χ0) is 18.0. The van der Waals surface area contributed by atoms with Crippen LogP contribution in [0.2, 0.25) is 0 Å². The Hall–Kier alpha value is -2.74. The number of amides is 1. The Kier molecular flexibility index (Phi) is 4.54. The lowest BCUT2D eigenvalue weighted by Gasteiger charge is -2.30. The first-order valence-electron chi connectivity index (χ1n) is 7.63. The van der Waals surface area contributed by atoms with Crippen molar-refractivity contribution in [2.24, 2.45) is 0 Å². The maximum Gasteiger partial charge on any atom is 0.264 e.